The molecule has 0 saturated carbocycles. The van der Waals surface area contributed by atoms with E-state index in [1.807, 2.05) is 12.1 Å². The zero-order chi connectivity index (χ0) is 27.3. The van der Waals surface area contributed by atoms with Crippen molar-refractivity contribution in [2.45, 2.75) is 40.0 Å². The first kappa shape index (κ1) is 30.3. The zero-order valence-electron chi connectivity index (χ0n) is 20.7. The second-order valence-electron chi connectivity index (χ2n) is 8.58. The Bertz CT molecular complexity index is 1460. The fourth-order valence-electron chi connectivity index (χ4n) is 3.32. The number of carbonyl (C=O) groups excluding carboxylic acids is 1. The van der Waals surface area contributed by atoms with Crippen LogP contribution in [0.4, 0.5) is 4.39 Å². The summed E-state index contributed by atoms with van der Waals surface area (Å²) in [6.07, 6.45) is -0.0401. The van der Waals surface area contributed by atoms with Gasteiger partial charge in [0, 0.05) is 12.0 Å². The van der Waals surface area contributed by atoms with E-state index in [1.165, 1.54) is 36.4 Å². The predicted molar refractivity (Wildman–Crippen MR) is 140 cm³/mol. The number of aromatic nitrogens is 2. The van der Waals surface area contributed by atoms with Crippen molar-refractivity contribution in [2.24, 2.45) is 11.7 Å². The monoisotopic (exact) mass is 559 g/mol. The fourth-order valence-corrected chi connectivity index (χ4v) is 3.50. The Morgan fingerprint density at radius 3 is 2.39 bits per heavy atom. The molecular weight excluding hydrogens is 536 g/mol. The van der Waals surface area contributed by atoms with Gasteiger partial charge < -0.3 is 15.2 Å². The molecule has 0 bridgehead atoms. The number of halogens is 3. The number of rotatable bonds is 8. The van der Waals surface area contributed by atoms with E-state index >= 15 is 4.39 Å². The van der Waals surface area contributed by atoms with E-state index in [-0.39, 0.29) is 58.0 Å². The summed E-state index contributed by atoms with van der Waals surface area (Å²) in [5, 5.41) is 22.5. The van der Waals surface area contributed by atoms with E-state index in [0.29, 0.717) is 11.3 Å². The van der Waals surface area contributed by atoms with Crippen LogP contribution < -0.4 is 16.0 Å². The summed E-state index contributed by atoms with van der Waals surface area (Å²) in [5.74, 6) is -1.82. The van der Waals surface area contributed by atoms with Crippen molar-refractivity contribution in [3.05, 3.63) is 85.5 Å². The van der Waals surface area contributed by atoms with Gasteiger partial charge in [0.15, 0.2) is 18.3 Å². The predicted octanol–water partition coefficient (Wildman–Crippen LogP) is 4.38. The first-order valence-electron chi connectivity index (χ1n) is 11.1. The van der Waals surface area contributed by atoms with E-state index in [2.05, 4.69) is 5.10 Å². The Labute approximate surface area is 229 Å². The van der Waals surface area contributed by atoms with Crippen molar-refractivity contribution in [3.63, 3.8) is 0 Å². The van der Waals surface area contributed by atoms with E-state index < -0.39 is 30.1 Å². The lowest BCUT2D eigenvalue weighted by atomic mass is 10.1. The van der Waals surface area contributed by atoms with Crippen molar-refractivity contribution >= 4 is 30.0 Å². The molecule has 38 heavy (non-hydrogen) atoms. The highest BCUT2D eigenvalue weighted by Crippen LogP contribution is 2.35. The highest BCUT2D eigenvalue weighted by Gasteiger charge is 2.20. The lowest BCUT2D eigenvalue weighted by Gasteiger charge is -2.15. The third-order valence-electron chi connectivity index (χ3n) is 5.41. The summed E-state index contributed by atoms with van der Waals surface area (Å²) in [4.78, 5) is 24.6. The summed E-state index contributed by atoms with van der Waals surface area (Å²) in [6.45, 7) is 4.65. The Morgan fingerprint density at radius 1 is 1.18 bits per heavy atom. The van der Waals surface area contributed by atoms with Gasteiger partial charge in [0.1, 0.15) is 11.8 Å². The van der Waals surface area contributed by atoms with Gasteiger partial charge in [-0.15, -0.1) is 12.4 Å². The largest absolute Gasteiger partial charge is 0.453 e. The minimum Gasteiger partial charge on any atom is -0.453 e. The Balaban J connectivity index is 0.00000507. The van der Waals surface area contributed by atoms with E-state index in [1.54, 1.807) is 20.8 Å². The molecule has 1 aromatic heterocycles. The zero-order valence-corrected chi connectivity index (χ0v) is 22.3. The van der Waals surface area contributed by atoms with Crippen LogP contribution in [-0.2, 0) is 22.7 Å². The molecule has 0 fully saturated rings. The molecule has 1 atom stereocenters. The number of nitrogens with zero attached hydrogens (tertiary/aromatic N) is 4. The number of nitriles is 2. The van der Waals surface area contributed by atoms with Gasteiger partial charge in [-0.25, -0.2) is 4.39 Å². The molecule has 3 aromatic rings. The van der Waals surface area contributed by atoms with E-state index in [4.69, 9.17) is 37.3 Å². The molecule has 12 heteroatoms. The molecule has 3 rings (SSSR count). The minimum absolute atomic E-state index is 0. The quantitative estimate of drug-likeness (QED) is 0.400. The Morgan fingerprint density at radius 2 is 1.82 bits per heavy atom. The van der Waals surface area contributed by atoms with Crippen LogP contribution in [0, 0.1) is 41.3 Å². The van der Waals surface area contributed by atoms with Crippen LogP contribution in [0.25, 0.3) is 0 Å². The first-order chi connectivity index (χ1) is 17.5. The van der Waals surface area contributed by atoms with Crippen molar-refractivity contribution in [3.8, 4) is 23.6 Å². The van der Waals surface area contributed by atoms with Gasteiger partial charge in [-0.3, -0.25) is 9.59 Å². The third-order valence-corrected chi connectivity index (χ3v) is 5.71. The topological polar surface area (TPSA) is 144 Å². The molecule has 1 heterocycles. The molecule has 2 N–H and O–H groups in total. The lowest BCUT2D eigenvalue weighted by Crippen LogP contribution is -2.38. The van der Waals surface area contributed by atoms with Gasteiger partial charge in [-0.05, 0) is 48.7 Å². The summed E-state index contributed by atoms with van der Waals surface area (Å²) in [5.41, 5.74) is 6.44. The van der Waals surface area contributed by atoms with Crippen LogP contribution in [0.15, 0.2) is 41.2 Å². The molecule has 9 nitrogen and oxygen atoms in total. The second kappa shape index (κ2) is 13.0. The third kappa shape index (κ3) is 7.08. The lowest BCUT2D eigenvalue weighted by molar-refractivity contribution is -0.150. The highest BCUT2D eigenvalue weighted by atomic mass is 35.5. The van der Waals surface area contributed by atoms with Gasteiger partial charge in [0.05, 0.1) is 34.0 Å². The molecule has 0 aliphatic carbocycles. The van der Waals surface area contributed by atoms with Gasteiger partial charge in [0.2, 0.25) is 0 Å². The average molecular weight is 560 g/mol. The Hall–Kier alpha value is -3.96. The van der Waals surface area contributed by atoms with Crippen LogP contribution >= 0.6 is 24.0 Å². The number of hydrogen-bond donors (Lipinski definition) is 1. The number of esters is 1. The summed E-state index contributed by atoms with van der Waals surface area (Å²) >= 11 is 6.18. The van der Waals surface area contributed by atoms with Crippen molar-refractivity contribution in [1.29, 1.82) is 10.5 Å². The summed E-state index contributed by atoms with van der Waals surface area (Å²) < 4.78 is 27.2. The molecular formula is C26H24Cl2FN5O4. The highest BCUT2D eigenvalue weighted by molar-refractivity contribution is 6.32. The maximum atomic E-state index is 15.4. The standard InChI is InChI=1S/C26H23ClFN5O4.ClH/c1-14(2)23(31)26(35)36-13-33-25(34)15(3)6-19(32-33)10-18-4-5-21(27)24(22(18)28)37-20-8-16(11-29)7-17(9-20)12-30;/h4-9,14,23H,10,13,31H2,1-3H3;1H/t23-;/m0./s1. The number of benzene rings is 2. The molecule has 0 saturated heterocycles. The van der Waals surface area contributed by atoms with Crippen molar-refractivity contribution in [2.75, 3.05) is 0 Å². The van der Waals surface area contributed by atoms with Gasteiger partial charge in [-0.1, -0.05) is 31.5 Å². The average Bonchev–Trinajstić information content (AvgIpc) is 2.88. The number of ether oxygens (including phenoxy) is 2. The van der Waals surface area contributed by atoms with Crippen LogP contribution in [0.1, 0.15) is 41.8 Å². The number of nitrogens with two attached hydrogens (primary N) is 1. The van der Waals surface area contributed by atoms with Crippen LogP contribution in [0.3, 0.4) is 0 Å². The van der Waals surface area contributed by atoms with E-state index in [0.717, 1.165) is 4.68 Å². The second-order valence-corrected chi connectivity index (χ2v) is 8.99. The number of aryl methyl sites for hydroxylation is 1. The number of hydrogen-bond acceptors (Lipinski definition) is 8. The SMILES string of the molecule is Cc1cc(Cc2ccc(Cl)c(Oc3cc(C#N)cc(C#N)c3)c2F)nn(COC(=O)[C@@H](N)C(C)C)c1=O.Cl. The first-order valence-corrected chi connectivity index (χ1v) is 11.5. The molecule has 0 amide bonds. The molecule has 2 aromatic carbocycles. The maximum absolute atomic E-state index is 15.4. The summed E-state index contributed by atoms with van der Waals surface area (Å²) in [7, 11) is 0. The van der Waals surface area contributed by atoms with Crippen molar-refractivity contribution < 1.29 is 18.7 Å². The Kier molecular flexibility index (Phi) is 10.4. The van der Waals surface area contributed by atoms with Crippen LogP contribution in [0.5, 0.6) is 11.5 Å². The maximum Gasteiger partial charge on any atom is 0.324 e. The molecule has 0 spiro atoms. The van der Waals surface area contributed by atoms with Gasteiger partial charge in [-0.2, -0.15) is 20.3 Å². The smallest absolute Gasteiger partial charge is 0.324 e. The molecule has 0 aliphatic rings. The normalized spacial score (nSPS) is 11.2. The molecule has 0 radical (unpaired) electrons. The van der Waals surface area contributed by atoms with Crippen LogP contribution in [0.2, 0.25) is 5.02 Å². The summed E-state index contributed by atoms with van der Waals surface area (Å²) in [6, 6.07) is 11.5. The van der Waals surface area contributed by atoms with Gasteiger partial charge in [0.25, 0.3) is 5.56 Å². The molecule has 0 aliphatic heterocycles. The van der Waals surface area contributed by atoms with Crippen LogP contribution in [-0.4, -0.2) is 21.8 Å². The van der Waals surface area contributed by atoms with Gasteiger partial charge >= 0.3 is 5.97 Å². The molecule has 198 valence electrons. The minimum atomic E-state index is -0.848. The number of carbonyl (C=O) groups is 1. The molecule has 0 unspecified atom stereocenters. The fraction of sp³-hybridized carbons (Fsp3) is 0.269. The van der Waals surface area contributed by atoms with Crippen molar-refractivity contribution in [1.82, 2.24) is 9.78 Å². The van der Waals surface area contributed by atoms with E-state index in [9.17, 15) is 9.59 Å².